The molecule has 3 rings (SSSR count). The summed E-state index contributed by atoms with van der Waals surface area (Å²) in [5.41, 5.74) is 0. The van der Waals surface area contributed by atoms with Crippen LogP contribution in [0.1, 0.15) is 6.42 Å². The van der Waals surface area contributed by atoms with Crippen molar-refractivity contribution in [1.29, 1.82) is 5.26 Å². The van der Waals surface area contributed by atoms with Crippen LogP contribution in [0.25, 0.3) is 10.7 Å². The van der Waals surface area contributed by atoms with Crippen LogP contribution in [0.15, 0.2) is 29.8 Å². The first-order chi connectivity index (χ1) is 11.2. The van der Waals surface area contributed by atoms with Gasteiger partial charge in [0.1, 0.15) is 0 Å². The maximum atomic E-state index is 11.9. The first-order valence-corrected chi connectivity index (χ1v) is 8.26. The van der Waals surface area contributed by atoms with Crippen molar-refractivity contribution in [2.24, 2.45) is 0 Å². The maximum absolute atomic E-state index is 11.9. The number of carbonyl (C=O) groups excluding carboxylic acids is 1. The number of amides is 2. The van der Waals surface area contributed by atoms with Gasteiger partial charge in [-0.2, -0.15) is 19.7 Å². The molecule has 0 radical (unpaired) electrons. The Hall–Kier alpha value is -2.77. The molecule has 0 aliphatic rings. The highest BCUT2D eigenvalue weighted by Gasteiger charge is 2.11. The van der Waals surface area contributed by atoms with Crippen molar-refractivity contribution in [3.8, 4) is 16.8 Å². The Balaban J connectivity index is 1.57. The molecule has 8 nitrogen and oxygen atoms in total. The summed E-state index contributed by atoms with van der Waals surface area (Å²) in [5, 5.41) is 20.3. The van der Waals surface area contributed by atoms with Crippen LogP contribution in [0.2, 0.25) is 0 Å². The summed E-state index contributed by atoms with van der Waals surface area (Å²) in [6.07, 6.45) is 2.07. The second-order valence-corrected chi connectivity index (χ2v) is 6.05. The molecule has 0 saturated heterocycles. The fraction of sp³-hybridized carbons (Fsp3) is 0.154. The number of nitrogens with one attached hydrogen (secondary N) is 2. The molecule has 3 aromatic heterocycles. The molecule has 0 aromatic carbocycles. The Morgan fingerprint density at radius 3 is 3.09 bits per heavy atom. The predicted molar refractivity (Wildman–Crippen MR) is 88.3 cm³/mol. The van der Waals surface area contributed by atoms with Crippen LogP contribution < -0.4 is 10.6 Å². The molecule has 0 unspecified atom stereocenters. The molecule has 10 heteroatoms. The van der Waals surface area contributed by atoms with Gasteiger partial charge in [-0.05, 0) is 11.4 Å². The lowest BCUT2D eigenvalue weighted by Gasteiger charge is -2.01. The summed E-state index contributed by atoms with van der Waals surface area (Å²) in [5.74, 6) is 1.00. The highest BCUT2D eigenvalue weighted by atomic mass is 32.1. The number of thiophene rings is 1. The number of hydrogen-bond acceptors (Lipinski definition) is 7. The van der Waals surface area contributed by atoms with Gasteiger partial charge in [0.25, 0.3) is 0 Å². The standard InChI is InChI=1S/C13H11N7OS2/c14-5-2-6-20-7-4-10(18-20)15-12(21)17-13-16-11(19-23-13)9-3-1-8-22-9/h1,3-4,7-8H,2,6H2,(H2,15,16,17,18,19,21). The first kappa shape index (κ1) is 15.1. The Kier molecular flexibility index (Phi) is 4.60. The molecular weight excluding hydrogens is 334 g/mol. The Morgan fingerprint density at radius 1 is 1.39 bits per heavy atom. The van der Waals surface area contributed by atoms with Crippen LogP contribution >= 0.6 is 22.9 Å². The topological polar surface area (TPSA) is 109 Å². The average Bonchev–Trinajstić information content (AvgIpc) is 3.26. The summed E-state index contributed by atoms with van der Waals surface area (Å²) < 4.78 is 5.80. The number of urea groups is 1. The second-order valence-electron chi connectivity index (χ2n) is 4.35. The van der Waals surface area contributed by atoms with Gasteiger partial charge in [-0.15, -0.1) is 11.3 Å². The lowest BCUT2D eigenvalue weighted by Crippen LogP contribution is -2.19. The Morgan fingerprint density at radius 2 is 2.30 bits per heavy atom. The van der Waals surface area contributed by atoms with Gasteiger partial charge >= 0.3 is 6.03 Å². The van der Waals surface area contributed by atoms with Gasteiger partial charge in [0, 0.05) is 23.8 Å². The minimum absolute atomic E-state index is 0.365. The van der Waals surface area contributed by atoms with E-state index in [0.29, 0.717) is 29.7 Å². The van der Waals surface area contributed by atoms with Gasteiger partial charge in [-0.25, -0.2) is 4.79 Å². The van der Waals surface area contributed by atoms with E-state index < -0.39 is 6.03 Å². The number of rotatable bonds is 5. The normalized spacial score (nSPS) is 10.2. The third-order valence-corrected chi connectivity index (χ3v) is 4.22. The third-order valence-electron chi connectivity index (χ3n) is 2.72. The largest absolute Gasteiger partial charge is 0.326 e. The lowest BCUT2D eigenvalue weighted by molar-refractivity contribution is 0.262. The van der Waals surface area contributed by atoms with Gasteiger partial charge < -0.3 is 0 Å². The summed E-state index contributed by atoms with van der Waals surface area (Å²) >= 11 is 2.65. The number of aryl methyl sites for hydroxylation is 1. The summed E-state index contributed by atoms with van der Waals surface area (Å²) in [4.78, 5) is 17.1. The van der Waals surface area contributed by atoms with Crippen molar-refractivity contribution in [3.63, 3.8) is 0 Å². The molecule has 2 amide bonds. The average molecular weight is 345 g/mol. The molecule has 2 N–H and O–H groups in total. The summed E-state index contributed by atoms with van der Waals surface area (Å²) in [6, 6.07) is 7.10. The second kappa shape index (κ2) is 6.99. The molecule has 0 aliphatic heterocycles. The van der Waals surface area contributed by atoms with E-state index in [1.807, 2.05) is 23.6 Å². The summed E-state index contributed by atoms with van der Waals surface area (Å²) in [7, 11) is 0. The molecular formula is C13H11N7OS2. The lowest BCUT2D eigenvalue weighted by atomic mass is 10.4. The molecule has 0 fully saturated rings. The van der Waals surface area contributed by atoms with E-state index in [0.717, 1.165) is 16.4 Å². The Labute approximate surface area is 139 Å². The van der Waals surface area contributed by atoms with Gasteiger partial charge in [0.2, 0.25) is 5.13 Å². The number of nitriles is 1. The van der Waals surface area contributed by atoms with Crippen LogP contribution in [0.5, 0.6) is 0 Å². The molecule has 0 saturated carbocycles. The van der Waals surface area contributed by atoms with Crippen LogP contribution in [0.3, 0.4) is 0 Å². The van der Waals surface area contributed by atoms with Crippen molar-refractivity contribution in [2.75, 3.05) is 10.6 Å². The summed E-state index contributed by atoms with van der Waals surface area (Å²) in [6.45, 7) is 0.486. The minimum atomic E-state index is -0.440. The van der Waals surface area contributed by atoms with E-state index >= 15 is 0 Å². The predicted octanol–water partition coefficient (Wildman–Crippen LogP) is 3.02. The van der Waals surface area contributed by atoms with Gasteiger partial charge in [0.05, 0.1) is 23.9 Å². The van der Waals surface area contributed by atoms with Crippen molar-refractivity contribution in [1.82, 2.24) is 19.1 Å². The fourth-order valence-corrected chi connectivity index (χ4v) is 3.04. The van der Waals surface area contributed by atoms with E-state index in [2.05, 4.69) is 25.1 Å². The van der Waals surface area contributed by atoms with Gasteiger partial charge in [-0.3, -0.25) is 15.3 Å². The van der Waals surface area contributed by atoms with Crippen molar-refractivity contribution in [3.05, 3.63) is 29.8 Å². The molecule has 0 aliphatic carbocycles. The fourth-order valence-electron chi connectivity index (χ4n) is 1.74. The molecule has 0 spiro atoms. The Bertz CT molecular complexity index is 831. The number of aromatic nitrogens is 4. The SMILES string of the molecule is N#CCCn1ccc(NC(=O)Nc2nc(-c3cccs3)ns2)n1. The zero-order valence-corrected chi connectivity index (χ0v) is 13.4. The number of anilines is 2. The minimum Gasteiger partial charge on any atom is -0.291 e. The smallest absolute Gasteiger partial charge is 0.291 e. The van der Waals surface area contributed by atoms with Crippen LogP contribution in [-0.2, 0) is 6.54 Å². The van der Waals surface area contributed by atoms with Crippen molar-refractivity contribution >= 4 is 39.8 Å². The van der Waals surface area contributed by atoms with E-state index in [9.17, 15) is 4.79 Å². The van der Waals surface area contributed by atoms with E-state index in [1.165, 1.54) is 11.3 Å². The quantitative estimate of drug-likeness (QED) is 0.739. The highest BCUT2D eigenvalue weighted by molar-refractivity contribution is 7.14. The van der Waals surface area contributed by atoms with E-state index in [-0.39, 0.29) is 0 Å². The van der Waals surface area contributed by atoms with E-state index in [4.69, 9.17) is 5.26 Å². The van der Waals surface area contributed by atoms with Crippen LogP contribution in [0.4, 0.5) is 15.7 Å². The monoisotopic (exact) mass is 345 g/mol. The molecule has 0 bridgehead atoms. The molecule has 3 aromatic rings. The number of nitrogens with zero attached hydrogens (tertiary/aromatic N) is 5. The highest BCUT2D eigenvalue weighted by Crippen LogP contribution is 2.25. The number of carbonyl (C=O) groups is 1. The van der Waals surface area contributed by atoms with Crippen LogP contribution in [-0.4, -0.2) is 25.2 Å². The molecule has 0 atom stereocenters. The number of hydrogen-bond donors (Lipinski definition) is 2. The van der Waals surface area contributed by atoms with Gasteiger partial charge in [-0.1, -0.05) is 6.07 Å². The zero-order valence-electron chi connectivity index (χ0n) is 11.8. The first-order valence-electron chi connectivity index (χ1n) is 6.60. The van der Waals surface area contributed by atoms with E-state index in [1.54, 1.807) is 16.9 Å². The van der Waals surface area contributed by atoms with Gasteiger partial charge in [0.15, 0.2) is 11.6 Å². The molecule has 23 heavy (non-hydrogen) atoms. The maximum Gasteiger partial charge on any atom is 0.326 e. The third kappa shape index (κ3) is 3.91. The van der Waals surface area contributed by atoms with Crippen molar-refractivity contribution < 1.29 is 4.79 Å². The molecule has 116 valence electrons. The van der Waals surface area contributed by atoms with Crippen molar-refractivity contribution in [2.45, 2.75) is 13.0 Å². The zero-order chi connectivity index (χ0) is 16.1. The molecule has 3 heterocycles. The van der Waals surface area contributed by atoms with Crippen LogP contribution in [0, 0.1) is 11.3 Å².